The summed E-state index contributed by atoms with van der Waals surface area (Å²) in [6.45, 7) is 3.44. The molecule has 0 saturated carbocycles. The maximum absolute atomic E-state index is 5.99. The van der Waals surface area contributed by atoms with E-state index >= 15 is 0 Å². The molecule has 1 N–H and O–H groups in total. The molecule has 0 fully saturated rings. The largest absolute Gasteiger partial charge is 0.383 e. The van der Waals surface area contributed by atoms with Crippen molar-refractivity contribution >= 4 is 23.2 Å². The van der Waals surface area contributed by atoms with E-state index in [0.29, 0.717) is 11.6 Å². The minimum atomic E-state index is 0.652. The van der Waals surface area contributed by atoms with Crippen LogP contribution in [0.4, 0.5) is 11.6 Å². The van der Waals surface area contributed by atoms with E-state index in [9.17, 15) is 0 Å². The van der Waals surface area contributed by atoms with Crippen molar-refractivity contribution in [3.63, 3.8) is 0 Å². The molecule has 0 aliphatic rings. The average molecular weight is 266 g/mol. The first kappa shape index (κ1) is 12.9. The molecule has 0 bridgehead atoms. The maximum Gasteiger partial charge on any atom is 0.207 e. The van der Waals surface area contributed by atoms with Gasteiger partial charge in [-0.3, -0.25) is 0 Å². The number of methoxy groups -OCH3 is 1. The fourth-order valence-corrected chi connectivity index (χ4v) is 1.82. The summed E-state index contributed by atoms with van der Waals surface area (Å²) in [6, 6.07) is 5.75. The molecule has 4 nitrogen and oxygen atoms in total. The SMILES string of the molecule is COCCn1ccnc1Nc1cc(Cl)ccc1C. The fourth-order valence-electron chi connectivity index (χ4n) is 1.65. The molecule has 2 rings (SSSR count). The van der Waals surface area contributed by atoms with E-state index < -0.39 is 0 Å². The van der Waals surface area contributed by atoms with E-state index in [-0.39, 0.29) is 0 Å². The molecule has 0 unspecified atom stereocenters. The van der Waals surface area contributed by atoms with Gasteiger partial charge in [0.25, 0.3) is 0 Å². The molecule has 0 amide bonds. The summed E-state index contributed by atoms with van der Waals surface area (Å²) >= 11 is 5.99. The highest BCUT2D eigenvalue weighted by Gasteiger charge is 2.05. The highest BCUT2D eigenvalue weighted by molar-refractivity contribution is 6.30. The summed E-state index contributed by atoms with van der Waals surface area (Å²) in [4.78, 5) is 4.29. The molecule has 0 radical (unpaired) electrons. The first-order valence-corrected chi connectivity index (χ1v) is 6.12. The third-order valence-corrected chi connectivity index (χ3v) is 2.93. The third kappa shape index (κ3) is 3.03. The Hall–Kier alpha value is -1.52. The van der Waals surface area contributed by atoms with Gasteiger partial charge in [-0.15, -0.1) is 0 Å². The molecule has 1 heterocycles. The summed E-state index contributed by atoms with van der Waals surface area (Å²) in [5, 5.41) is 3.99. The van der Waals surface area contributed by atoms with Crippen molar-refractivity contribution in [2.75, 3.05) is 19.0 Å². The molecule has 2 aromatic rings. The summed E-state index contributed by atoms with van der Waals surface area (Å²) in [6.07, 6.45) is 3.68. The zero-order valence-electron chi connectivity index (χ0n) is 10.5. The van der Waals surface area contributed by atoms with Crippen molar-refractivity contribution in [1.29, 1.82) is 0 Å². The summed E-state index contributed by atoms with van der Waals surface area (Å²) in [7, 11) is 1.69. The number of hydrogen-bond acceptors (Lipinski definition) is 3. The van der Waals surface area contributed by atoms with Crippen LogP contribution in [0.15, 0.2) is 30.6 Å². The number of imidazole rings is 1. The number of anilines is 2. The molecule has 1 aromatic heterocycles. The molecule has 0 spiro atoms. The first-order chi connectivity index (χ1) is 8.70. The molecule has 0 saturated heterocycles. The number of hydrogen-bond donors (Lipinski definition) is 1. The Morgan fingerprint density at radius 2 is 2.28 bits per heavy atom. The van der Waals surface area contributed by atoms with Crippen molar-refractivity contribution in [2.24, 2.45) is 0 Å². The van der Waals surface area contributed by atoms with Gasteiger partial charge in [-0.05, 0) is 24.6 Å². The normalized spacial score (nSPS) is 10.6. The Kier molecular flexibility index (Phi) is 4.23. The molecule has 0 atom stereocenters. The molecule has 1 aromatic carbocycles. The van der Waals surface area contributed by atoms with Gasteiger partial charge in [0.05, 0.1) is 6.61 Å². The molecule has 18 heavy (non-hydrogen) atoms. The average Bonchev–Trinajstić information content (AvgIpc) is 2.79. The lowest BCUT2D eigenvalue weighted by Gasteiger charge is -2.11. The van der Waals surface area contributed by atoms with Crippen LogP contribution in [0, 0.1) is 6.92 Å². The predicted octanol–water partition coefficient (Wildman–Crippen LogP) is 3.23. The molecule has 5 heteroatoms. The minimum Gasteiger partial charge on any atom is -0.383 e. The van der Waals surface area contributed by atoms with Crippen LogP contribution in [0.5, 0.6) is 0 Å². The summed E-state index contributed by atoms with van der Waals surface area (Å²) in [5.74, 6) is 0.789. The van der Waals surface area contributed by atoms with E-state index in [2.05, 4.69) is 10.3 Å². The Bertz CT molecular complexity index is 525. The lowest BCUT2D eigenvalue weighted by molar-refractivity contribution is 0.188. The second kappa shape index (κ2) is 5.89. The Labute approximate surface area is 112 Å². The van der Waals surface area contributed by atoms with Crippen LogP contribution in [0.25, 0.3) is 0 Å². The number of rotatable bonds is 5. The maximum atomic E-state index is 5.99. The number of aromatic nitrogens is 2. The van der Waals surface area contributed by atoms with Crippen LogP contribution in [0.2, 0.25) is 5.02 Å². The molecule has 0 aliphatic carbocycles. The van der Waals surface area contributed by atoms with Gasteiger partial charge >= 0.3 is 0 Å². The summed E-state index contributed by atoms with van der Waals surface area (Å²) in [5.41, 5.74) is 2.09. The fraction of sp³-hybridized carbons (Fsp3) is 0.308. The van der Waals surface area contributed by atoms with Crippen LogP contribution in [-0.4, -0.2) is 23.3 Å². The second-order valence-corrected chi connectivity index (χ2v) is 4.46. The van der Waals surface area contributed by atoms with E-state index in [0.717, 1.165) is 23.7 Å². The van der Waals surface area contributed by atoms with Crippen LogP contribution in [0.1, 0.15) is 5.56 Å². The van der Waals surface area contributed by atoms with E-state index in [1.54, 1.807) is 13.3 Å². The standard InChI is InChI=1S/C13H16ClN3O/c1-10-3-4-11(14)9-12(10)16-13-15-5-6-17(13)7-8-18-2/h3-6,9H,7-8H2,1-2H3,(H,15,16). The molecular formula is C13H16ClN3O. The molecular weight excluding hydrogens is 250 g/mol. The third-order valence-electron chi connectivity index (χ3n) is 2.70. The smallest absolute Gasteiger partial charge is 0.207 e. The van der Waals surface area contributed by atoms with Gasteiger partial charge in [0, 0.05) is 36.8 Å². The predicted molar refractivity (Wildman–Crippen MR) is 73.6 cm³/mol. The van der Waals surface area contributed by atoms with Crippen molar-refractivity contribution in [1.82, 2.24) is 9.55 Å². The lowest BCUT2D eigenvalue weighted by atomic mass is 10.2. The Morgan fingerprint density at radius 1 is 1.44 bits per heavy atom. The van der Waals surface area contributed by atoms with Crippen molar-refractivity contribution in [3.8, 4) is 0 Å². The van der Waals surface area contributed by atoms with Crippen LogP contribution in [-0.2, 0) is 11.3 Å². The number of benzene rings is 1. The van der Waals surface area contributed by atoms with E-state index in [1.165, 1.54) is 0 Å². The molecule has 0 aliphatic heterocycles. The number of halogens is 1. The van der Waals surface area contributed by atoms with Gasteiger partial charge in [0.15, 0.2) is 0 Å². The topological polar surface area (TPSA) is 39.1 Å². The van der Waals surface area contributed by atoms with Crippen molar-refractivity contribution < 1.29 is 4.74 Å². The minimum absolute atomic E-state index is 0.652. The first-order valence-electron chi connectivity index (χ1n) is 5.74. The van der Waals surface area contributed by atoms with Crippen molar-refractivity contribution in [2.45, 2.75) is 13.5 Å². The number of nitrogens with zero attached hydrogens (tertiary/aromatic N) is 2. The van der Waals surface area contributed by atoms with Gasteiger partial charge in [-0.1, -0.05) is 17.7 Å². The number of nitrogens with one attached hydrogen (secondary N) is 1. The van der Waals surface area contributed by atoms with Gasteiger partial charge in [0.1, 0.15) is 0 Å². The van der Waals surface area contributed by atoms with Gasteiger partial charge in [-0.25, -0.2) is 4.98 Å². The monoisotopic (exact) mass is 265 g/mol. The Morgan fingerprint density at radius 3 is 3.06 bits per heavy atom. The molecule has 96 valence electrons. The zero-order valence-corrected chi connectivity index (χ0v) is 11.2. The lowest BCUT2D eigenvalue weighted by Crippen LogP contribution is -2.07. The highest BCUT2D eigenvalue weighted by atomic mass is 35.5. The highest BCUT2D eigenvalue weighted by Crippen LogP contribution is 2.23. The van der Waals surface area contributed by atoms with Crippen LogP contribution >= 0.6 is 11.6 Å². The Balaban J connectivity index is 2.18. The van der Waals surface area contributed by atoms with Crippen LogP contribution in [0.3, 0.4) is 0 Å². The van der Waals surface area contributed by atoms with Gasteiger partial charge < -0.3 is 14.6 Å². The van der Waals surface area contributed by atoms with Crippen molar-refractivity contribution in [3.05, 3.63) is 41.2 Å². The van der Waals surface area contributed by atoms with Crippen LogP contribution < -0.4 is 5.32 Å². The van der Waals surface area contributed by atoms with Gasteiger partial charge in [-0.2, -0.15) is 0 Å². The second-order valence-electron chi connectivity index (χ2n) is 4.02. The zero-order chi connectivity index (χ0) is 13.0. The number of aryl methyl sites for hydroxylation is 1. The quantitative estimate of drug-likeness (QED) is 0.902. The number of ether oxygens (including phenoxy) is 1. The van der Waals surface area contributed by atoms with E-state index in [4.69, 9.17) is 16.3 Å². The van der Waals surface area contributed by atoms with E-state index in [1.807, 2.05) is 35.9 Å². The van der Waals surface area contributed by atoms with Gasteiger partial charge in [0.2, 0.25) is 5.95 Å². The summed E-state index contributed by atoms with van der Waals surface area (Å²) < 4.78 is 7.07.